The highest BCUT2D eigenvalue weighted by Crippen LogP contribution is 1.96. The van der Waals surface area contributed by atoms with E-state index in [9.17, 15) is 0 Å². The molecule has 1 aliphatic rings. The third-order valence-electron chi connectivity index (χ3n) is 2.87. The summed E-state index contributed by atoms with van der Waals surface area (Å²) in [6.45, 7) is 6.08. The molecule has 4 heteroatoms. The van der Waals surface area contributed by atoms with Crippen LogP contribution in [0.3, 0.4) is 0 Å². The largest absolute Gasteiger partial charge is 0.316 e. The molecule has 1 atom stereocenters. The Morgan fingerprint density at radius 1 is 1.38 bits per heavy atom. The Bertz CT molecular complexity index is 353. The summed E-state index contributed by atoms with van der Waals surface area (Å²) in [7, 11) is 0. The predicted octanol–water partition coefficient (Wildman–Crippen LogP) is 0.197. The van der Waals surface area contributed by atoms with E-state index < -0.39 is 0 Å². The number of thiocarbonyl (C=S) groups is 1. The molecular weight excluding hydrogens is 218 g/mol. The van der Waals surface area contributed by atoms with Crippen LogP contribution < -0.4 is 10.2 Å². The molecule has 1 fully saturated rings. The molecule has 1 aliphatic heterocycles. The van der Waals surface area contributed by atoms with E-state index in [0.29, 0.717) is 0 Å². The van der Waals surface area contributed by atoms with Gasteiger partial charge in [0.25, 0.3) is 0 Å². The van der Waals surface area contributed by atoms with Gasteiger partial charge >= 0.3 is 0 Å². The lowest BCUT2D eigenvalue weighted by molar-refractivity contribution is -0.927. The molecule has 0 amide bonds. The zero-order valence-corrected chi connectivity index (χ0v) is 10.4. The van der Waals surface area contributed by atoms with Gasteiger partial charge in [-0.25, -0.2) is 0 Å². The second-order valence-corrected chi connectivity index (χ2v) is 4.47. The summed E-state index contributed by atoms with van der Waals surface area (Å²) < 4.78 is 0. The first kappa shape index (κ1) is 11.4. The Kier molecular flexibility index (Phi) is 3.74. The summed E-state index contributed by atoms with van der Waals surface area (Å²) in [4.78, 5) is 3.71. The zero-order valence-electron chi connectivity index (χ0n) is 9.57. The van der Waals surface area contributed by atoms with Crippen LogP contribution in [0.25, 0.3) is 0 Å². The summed E-state index contributed by atoms with van der Waals surface area (Å²) >= 11 is 5.25. The number of benzene rings is 1. The Hall–Kier alpha value is -1.13. The first-order valence-electron chi connectivity index (χ1n) is 5.70. The van der Waals surface area contributed by atoms with E-state index in [1.165, 1.54) is 10.5 Å². The van der Waals surface area contributed by atoms with Gasteiger partial charge in [-0.1, -0.05) is 30.3 Å². The van der Waals surface area contributed by atoms with Gasteiger partial charge in [-0.3, -0.25) is 4.90 Å². The third kappa shape index (κ3) is 2.71. The molecule has 86 valence electrons. The van der Waals surface area contributed by atoms with E-state index in [1.807, 2.05) is 0 Å². The summed E-state index contributed by atoms with van der Waals surface area (Å²) in [6.07, 6.45) is 0. The molecule has 2 N–H and O–H groups in total. The summed E-state index contributed by atoms with van der Waals surface area (Å²) in [6, 6.07) is 10.6. The Morgan fingerprint density at radius 3 is 2.81 bits per heavy atom. The van der Waals surface area contributed by atoms with Crippen molar-refractivity contribution in [2.24, 2.45) is 0 Å². The fraction of sp³-hybridized carbons (Fsp3) is 0.417. The van der Waals surface area contributed by atoms with Crippen LogP contribution in [0, 0.1) is 0 Å². The standard InChI is InChI=1S/C12H17N3S/c1-2-15-10-14(9-13-12(15)16)8-11-6-4-3-5-7-11/h3-7H,2,8-10H2,1H3,(H,13,16)/p+1. The van der Waals surface area contributed by atoms with Crippen LogP contribution in [0.15, 0.2) is 30.3 Å². The van der Waals surface area contributed by atoms with Crippen molar-refractivity contribution >= 4 is 17.3 Å². The summed E-state index contributed by atoms with van der Waals surface area (Å²) in [5, 5.41) is 4.16. The molecule has 0 aliphatic carbocycles. The predicted molar refractivity (Wildman–Crippen MR) is 69.0 cm³/mol. The molecule has 1 aromatic rings. The normalized spacial score (nSPS) is 20.7. The van der Waals surface area contributed by atoms with E-state index in [-0.39, 0.29) is 0 Å². The van der Waals surface area contributed by atoms with E-state index in [1.54, 1.807) is 0 Å². The molecule has 1 saturated heterocycles. The van der Waals surface area contributed by atoms with E-state index >= 15 is 0 Å². The molecule has 1 unspecified atom stereocenters. The maximum absolute atomic E-state index is 5.25. The van der Waals surface area contributed by atoms with Crippen molar-refractivity contribution in [3.8, 4) is 0 Å². The molecule has 1 aromatic carbocycles. The minimum atomic E-state index is 0.888. The molecule has 0 bridgehead atoms. The van der Waals surface area contributed by atoms with Crippen LogP contribution in [0.2, 0.25) is 0 Å². The van der Waals surface area contributed by atoms with Crippen LogP contribution in [0.5, 0.6) is 0 Å². The van der Waals surface area contributed by atoms with Gasteiger partial charge in [-0.05, 0) is 19.1 Å². The Morgan fingerprint density at radius 2 is 2.12 bits per heavy atom. The Labute approximate surface area is 102 Å². The topological polar surface area (TPSA) is 19.7 Å². The maximum atomic E-state index is 5.25. The van der Waals surface area contributed by atoms with E-state index in [0.717, 1.165) is 31.5 Å². The molecule has 2 rings (SSSR count). The highest BCUT2D eigenvalue weighted by Gasteiger charge is 2.21. The van der Waals surface area contributed by atoms with Crippen LogP contribution in [-0.4, -0.2) is 29.9 Å². The number of hydrogen-bond donors (Lipinski definition) is 2. The smallest absolute Gasteiger partial charge is 0.177 e. The van der Waals surface area contributed by atoms with Gasteiger partial charge in [0.05, 0.1) is 0 Å². The van der Waals surface area contributed by atoms with Crippen molar-refractivity contribution in [3.63, 3.8) is 0 Å². The Balaban J connectivity index is 1.94. The molecule has 3 nitrogen and oxygen atoms in total. The van der Waals surface area contributed by atoms with Crippen LogP contribution in [0.1, 0.15) is 12.5 Å². The fourth-order valence-electron chi connectivity index (χ4n) is 1.97. The van der Waals surface area contributed by atoms with Crippen molar-refractivity contribution in [2.75, 3.05) is 19.9 Å². The summed E-state index contributed by atoms with van der Waals surface area (Å²) in [5.74, 6) is 0. The quantitative estimate of drug-likeness (QED) is 0.731. The molecule has 0 radical (unpaired) electrons. The number of nitrogens with zero attached hydrogens (tertiary/aromatic N) is 1. The number of quaternary nitrogens is 1. The average Bonchev–Trinajstić information content (AvgIpc) is 2.33. The van der Waals surface area contributed by atoms with Gasteiger partial charge in [-0.2, -0.15) is 0 Å². The molecule has 0 aromatic heterocycles. The van der Waals surface area contributed by atoms with E-state index in [2.05, 4.69) is 47.5 Å². The van der Waals surface area contributed by atoms with Crippen molar-refractivity contribution in [2.45, 2.75) is 13.5 Å². The van der Waals surface area contributed by atoms with Crippen molar-refractivity contribution in [1.29, 1.82) is 0 Å². The fourth-order valence-corrected chi connectivity index (χ4v) is 2.23. The molecule has 0 spiro atoms. The monoisotopic (exact) mass is 236 g/mol. The lowest BCUT2D eigenvalue weighted by Crippen LogP contribution is -3.16. The van der Waals surface area contributed by atoms with E-state index in [4.69, 9.17) is 12.2 Å². The first-order chi connectivity index (χ1) is 7.79. The number of nitrogens with one attached hydrogen (secondary N) is 2. The van der Waals surface area contributed by atoms with Gasteiger partial charge in [0.2, 0.25) is 0 Å². The second-order valence-electron chi connectivity index (χ2n) is 4.09. The van der Waals surface area contributed by atoms with Gasteiger partial charge in [0.1, 0.15) is 6.54 Å². The second kappa shape index (κ2) is 5.27. The van der Waals surface area contributed by atoms with Gasteiger partial charge < -0.3 is 10.2 Å². The zero-order chi connectivity index (χ0) is 11.4. The third-order valence-corrected chi connectivity index (χ3v) is 3.27. The molecule has 16 heavy (non-hydrogen) atoms. The number of rotatable bonds is 3. The SMILES string of the molecule is CCN1C[NH+](Cc2ccccc2)CNC1=S. The van der Waals surface area contributed by atoms with Gasteiger partial charge in [0.15, 0.2) is 18.4 Å². The number of hydrogen-bond acceptors (Lipinski definition) is 1. The summed E-state index contributed by atoms with van der Waals surface area (Å²) in [5.41, 5.74) is 1.38. The van der Waals surface area contributed by atoms with Crippen molar-refractivity contribution < 1.29 is 4.90 Å². The van der Waals surface area contributed by atoms with Crippen LogP contribution in [-0.2, 0) is 6.54 Å². The van der Waals surface area contributed by atoms with Crippen LogP contribution in [0.4, 0.5) is 0 Å². The maximum Gasteiger partial charge on any atom is 0.177 e. The molecule has 0 saturated carbocycles. The lowest BCUT2D eigenvalue weighted by atomic mass is 10.2. The van der Waals surface area contributed by atoms with Gasteiger partial charge in [-0.15, -0.1) is 0 Å². The minimum Gasteiger partial charge on any atom is -0.316 e. The van der Waals surface area contributed by atoms with Crippen LogP contribution >= 0.6 is 12.2 Å². The van der Waals surface area contributed by atoms with Crippen molar-refractivity contribution in [1.82, 2.24) is 10.2 Å². The minimum absolute atomic E-state index is 0.888. The van der Waals surface area contributed by atoms with Gasteiger partial charge in [0, 0.05) is 12.1 Å². The van der Waals surface area contributed by atoms with Crippen molar-refractivity contribution in [3.05, 3.63) is 35.9 Å². The highest BCUT2D eigenvalue weighted by atomic mass is 32.1. The average molecular weight is 236 g/mol. The lowest BCUT2D eigenvalue weighted by Gasteiger charge is -2.34. The molecule has 1 heterocycles. The molecular formula is C12H18N3S+. The first-order valence-corrected chi connectivity index (χ1v) is 6.10. The highest BCUT2D eigenvalue weighted by molar-refractivity contribution is 7.80.